The smallest absolute Gasteiger partial charge is 0.164 e. The molecule has 1 aromatic heterocycles. The normalized spacial score (nSPS) is 14.2. The first-order valence-electron chi connectivity index (χ1n) is 18.4. The highest BCUT2D eigenvalue weighted by atomic mass is 15.0. The van der Waals surface area contributed by atoms with Gasteiger partial charge in [0.25, 0.3) is 0 Å². The molecule has 0 spiro atoms. The van der Waals surface area contributed by atoms with Crippen molar-refractivity contribution in [3.05, 3.63) is 222 Å². The van der Waals surface area contributed by atoms with Gasteiger partial charge in [-0.1, -0.05) is 164 Å². The number of hydrogen-bond acceptors (Lipinski definition) is 4. The van der Waals surface area contributed by atoms with Gasteiger partial charge in [0.2, 0.25) is 0 Å². The van der Waals surface area contributed by atoms with Gasteiger partial charge in [-0.05, 0) is 85.6 Å². The molecule has 55 heavy (non-hydrogen) atoms. The number of rotatable bonds is 6. The number of fused-ring (bicyclic) bond motifs is 4. The maximum absolute atomic E-state index is 9.36. The molecular formula is C51H32N4. The third-order valence-electron chi connectivity index (χ3n) is 10.8. The molecule has 1 aliphatic rings. The Hall–Kier alpha value is -7.48. The fraction of sp³-hybridized carbons (Fsp3) is 0.0196. The van der Waals surface area contributed by atoms with Crippen LogP contribution in [0.2, 0.25) is 0 Å². The van der Waals surface area contributed by atoms with E-state index >= 15 is 0 Å². The van der Waals surface area contributed by atoms with Crippen molar-refractivity contribution in [1.29, 1.82) is 5.26 Å². The Bertz CT molecular complexity index is 2840. The molecule has 0 saturated heterocycles. The first-order chi connectivity index (χ1) is 27.2. The largest absolute Gasteiger partial charge is 0.208 e. The topological polar surface area (TPSA) is 62.5 Å². The number of benzene rings is 8. The summed E-state index contributed by atoms with van der Waals surface area (Å²) >= 11 is 0. The Morgan fingerprint density at radius 2 is 0.873 bits per heavy atom. The zero-order chi connectivity index (χ0) is 36.8. The van der Waals surface area contributed by atoms with Crippen LogP contribution in [0.15, 0.2) is 194 Å². The van der Waals surface area contributed by atoms with Crippen LogP contribution in [-0.4, -0.2) is 15.0 Å². The predicted molar refractivity (Wildman–Crippen MR) is 221 cm³/mol. The molecule has 9 aromatic rings. The fourth-order valence-corrected chi connectivity index (χ4v) is 8.22. The molecule has 0 aliphatic heterocycles. The maximum Gasteiger partial charge on any atom is 0.164 e. The van der Waals surface area contributed by atoms with Crippen molar-refractivity contribution in [3.8, 4) is 62.5 Å². The SMILES string of the molecule is N#Cc1ccc(-c2ccc3cc4c(cc3c2)C(c2ccccc2)(c2ccc(-c3nc(-c5ccccc5)nc(-c5ccccc5)n3)cc2)c2ccccc2-4)cc1. The standard InChI is InChI=1S/C51H32N4/c52-33-34-20-22-35(23-21-34)39-24-25-40-31-45-44-18-10-11-19-46(44)51(42-16-8-3-9-17-42,47(45)32-41(40)30-39)43-28-26-38(27-29-43)50-54-48(36-12-4-1-5-13-36)53-49(55-50)37-14-6-2-7-15-37/h1-32H. The van der Waals surface area contributed by atoms with Gasteiger partial charge in [0, 0.05) is 16.7 Å². The highest BCUT2D eigenvalue weighted by Crippen LogP contribution is 2.57. The summed E-state index contributed by atoms with van der Waals surface area (Å²) in [5, 5.41) is 11.7. The minimum absolute atomic E-state index is 0.576. The van der Waals surface area contributed by atoms with E-state index in [2.05, 4.69) is 115 Å². The molecule has 256 valence electrons. The van der Waals surface area contributed by atoms with Crippen LogP contribution in [0.3, 0.4) is 0 Å². The van der Waals surface area contributed by atoms with Crippen LogP contribution in [-0.2, 0) is 5.41 Å². The van der Waals surface area contributed by atoms with Gasteiger partial charge in [-0.15, -0.1) is 0 Å². The Morgan fingerprint density at radius 3 is 1.49 bits per heavy atom. The summed E-state index contributed by atoms with van der Waals surface area (Å²) in [7, 11) is 0. The second kappa shape index (κ2) is 13.2. The Balaban J connectivity index is 1.16. The second-order valence-corrected chi connectivity index (χ2v) is 13.9. The van der Waals surface area contributed by atoms with Crippen molar-refractivity contribution in [2.75, 3.05) is 0 Å². The number of nitrogens with zero attached hydrogens (tertiary/aromatic N) is 4. The molecule has 1 aliphatic carbocycles. The molecule has 4 heteroatoms. The molecule has 0 fully saturated rings. The van der Waals surface area contributed by atoms with Crippen molar-refractivity contribution in [3.63, 3.8) is 0 Å². The molecule has 4 nitrogen and oxygen atoms in total. The van der Waals surface area contributed by atoms with Crippen molar-refractivity contribution in [1.82, 2.24) is 15.0 Å². The summed E-state index contributed by atoms with van der Waals surface area (Å²) in [5.41, 5.74) is 12.4. The fourth-order valence-electron chi connectivity index (χ4n) is 8.22. The second-order valence-electron chi connectivity index (χ2n) is 13.9. The minimum Gasteiger partial charge on any atom is -0.208 e. The van der Waals surface area contributed by atoms with Crippen LogP contribution in [0, 0.1) is 11.3 Å². The Kier molecular flexibility index (Phi) is 7.71. The van der Waals surface area contributed by atoms with Crippen molar-refractivity contribution in [2.24, 2.45) is 0 Å². The van der Waals surface area contributed by atoms with Crippen LogP contribution >= 0.6 is 0 Å². The molecule has 1 atom stereocenters. The maximum atomic E-state index is 9.36. The van der Waals surface area contributed by atoms with Gasteiger partial charge >= 0.3 is 0 Å². The summed E-state index contributed by atoms with van der Waals surface area (Å²) in [6.45, 7) is 0. The highest BCUT2D eigenvalue weighted by Gasteiger charge is 2.46. The van der Waals surface area contributed by atoms with Gasteiger partial charge in [-0.3, -0.25) is 0 Å². The molecule has 0 radical (unpaired) electrons. The summed E-state index contributed by atoms with van der Waals surface area (Å²) < 4.78 is 0. The predicted octanol–water partition coefficient (Wildman–Crippen LogP) is 11.9. The van der Waals surface area contributed by atoms with Crippen LogP contribution < -0.4 is 0 Å². The molecular weight excluding hydrogens is 669 g/mol. The van der Waals surface area contributed by atoms with Gasteiger partial charge in [0.15, 0.2) is 17.5 Å². The van der Waals surface area contributed by atoms with Gasteiger partial charge < -0.3 is 0 Å². The lowest BCUT2D eigenvalue weighted by molar-refractivity contribution is 0.769. The zero-order valence-corrected chi connectivity index (χ0v) is 29.8. The highest BCUT2D eigenvalue weighted by molar-refractivity contribution is 5.97. The molecule has 0 bridgehead atoms. The summed E-state index contributed by atoms with van der Waals surface area (Å²) in [6, 6.07) is 70.1. The lowest BCUT2D eigenvalue weighted by Crippen LogP contribution is -2.28. The first kappa shape index (κ1) is 32.2. The summed E-state index contributed by atoms with van der Waals surface area (Å²) in [4.78, 5) is 14.9. The lowest BCUT2D eigenvalue weighted by Gasteiger charge is -2.34. The van der Waals surface area contributed by atoms with Crippen LogP contribution in [0.25, 0.3) is 67.2 Å². The Morgan fingerprint density at radius 1 is 0.364 bits per heavy atom. The number of hydrogen-bond donors (Lipinski definition) is 0. The third-order valence-corrected chi connectivity index (χ3v) is 10.8. The van der Waals surface area contributed by atoms with Gasteiger partial charge in [-0.2, -0.15) is 5.26 Å². The van der Waals surface area contributed by atoms with Crippen LogP contribution in [0.4, 0.5) is 0 Å². The zero-order valence-electron chi connectivity index (χ0n) is 29.8. The molecule has 1 heterocycles. The molecule has 10 rings (SSSR count). The van der Waals surface area contributed by atoms with Crippen molar-refractivity contribution >= 4 is 10.8 Å². The van der Waals surface area contributed by atoms with Gasteiger partial charge in [-0.25, -0.2) is 15.0 Å². The monoisotopic (exact) mass is 700 g/mol. The lowest BCUT2D eigenvalue weighted by atomic mass is 9.67. The average Bonchev–Trinajstić information content (AvgIpc) is 3.56. The number of aromatic nitrogens is 3. The van der Waals surface area contributed by atoms with E-state index in [4.69, 9.17) is 15.0 Å². The quantitative estimate of drug-likeness (QED) is 0.173. The first-order valence-corrected chi connectivity index (χ1v) is 18.4. The molecule has 1 unspecified atom stereocenters. The van der Waals surface area contributed by atoms with E-state index in [9.17, 15) is 5.26 Å². The van der Waals surface area contributed by atoms with E-state index in [0.29, 0.717) is 23.0 Å². The summed E-state index contributed by atoms with van der Waals surface area (Å²) in [5.74, 6) is 1.90. The minimum atomic E-state index is -0.576. The van der Waals surface area contributed by atoms with Crippen molar-refractivity contribution in [2.45, 2.75) is 5.41 Å². The van der Waals surface area contributed by atoms with E-state index in [1.807, 2.05) is 84.9 Å². The molecule has 0 saturated carbocycles. The van der Waals surface area contributed by atoms with E-state index in [1.165, 1.54) is 33.2 Å². The molecule has 0 amide bonds. The third kappa shape index (κ3) is 5.41. The van der Waals surface area contributed by atoms with Gasteiger partial charge in [0.1, 0.15) is 0 Å². The van der Waals surface area contributed by atoms with Crippen LogP contribution in [0.1, 0.15) is 27.8 Å². The van der Waals surface area contributed by atoms with Gasteiger partial charge in [0.05, 0.1) is 17.0 Å². The van der Waals surface area contributed by atoms with Crippen molar-refractivity contribution < 1.29 is 0 Å². The van der Waals surface area contributed by atoms with E-state index < -0.39 is 5.41 Å². The molecule has 0 N–H and O–H groups in total. The number of nitriles is 1. The average molecular weight is 701 g/mol. The van der Waals surface area contributed by atoms with E-state index in [0.717, 1.165) is 38.8 Å². The molecule has 8 aromatic carbocycles. The van der Waals surface area contributed by atoms with E-state index in [-0.39, 0.29) is 0 Å². The van der Waals surface area contributed by atoms with Crippen LogP contribution in [0.5, 0.6) is 0 Å². The summed E-state index contributed by atoms with van der Waals surface area (Å²) in [6.07, 6.45) is 0. The van der Waals surface area contributed by atoms with E-state index in [1.54, 1.807) is 0 Å². The Labute approximate surface area is 319 Å².